The van der Waals surface area contributed by atoms with Gasteiger partial charge in [-0.15, -0.1) is 23.2 Å². The Kier molecular flexibility index (Phi) is 15.9. The van der Waals surface area contributed by atoms with Gasteiger partial charge in [0.05, 0.1) is 12.1 Å². The molecule has 2 aliphatic rings. The highest BCUT2D eigenvalue weighted by molar-refractivity contribution is 6.53. The van der Waals surface area contributed by atoms with Gasteiger partial charge in [0, 0.05) is 37.6 Å². The minimum Gasteiger partial charge on any atom is -0.374 e. The molecule has 2 unspecified atom stereocenters. The molecule has 0 bridgehead atoms. The van der Waals surface area contributed by atoms with Gasteiger partial charge in [0.1, 0.15) is 12.1 Å². The van der Waals surface area contributed by atoms with Crippen LogP contribution in [0.5, 0.6) is 0 Å². The summed E-state index contributed by atoms with van der Waals surface area (Å²) in [6.45, 7) is 1.17. The van der Waals surface area contributed by atoms with Gasteiger partial charge >= 0.3 is 0 Å². The van der Waals surface area contributed by atoms with Crippen molar-refractivity contribution >= 4 is 75.7 Å². The summed E-state index contributed by atoms with van der Waals surface area (Å²) in [6.07, 6.45) is 3.28. The number of nitrogens with two attached hydrogens (primary N) is 4. The number of nitrogens with one attached hydrogen (secondary N) is 2. The van der Waals surface area contributed by atoms with E-state index in [4.69, 9.17) is 46.1 Å². The number of halogens is 2. The third-order valence-corrected chi connectivity index (χ3v) is 10.3. The number of carbonyl (C=O) groups excluding carboxylic acids is 5. The molecule has 4 rings (SSSR count). The van der Waals surface area contributed by atoms with Gasteiger partial charge in [0.15, 0.2) is 40.0 Å². The van der Waals surface area contributed by atoms with Gasteiger partial charge in [0.2, 0.25) is 11.8 Å². The molecule has 2 aliphatic heterocycles. The molecule has 2 fully saturated rings. The fourth-order valence-electron chi connectivity index (χ4n) is 6.79. The van der Waals surface area contributed by atoms with Crippen molar-refractivity contribution < 1.29 is 24.0 Å². The molecule has 2 saturated heterocycles. The maximum Gasteiger partial charge on any atom is 0.245 e. The van der Waals surface area contributed by atoms with Crippen molar-refractivity contribution in [2.75, 3.05) is 36.8 Å². The van der Waals surface area contributed by atoms with Crippen molar-refractivity contribution in [3.8, 4) is 0 Å². The number of aliphatic imine (C=N–C) groups is 2. The summed E-state index contributed by atoms with van der Waals surface area (Å²) in [6, 6.07) is 14.9. The Morgan fingerprint density at radius 2 is 1.02 bits per heavy atom. The van der Waals surface area contributed by atoms with Gasteiger partial charge in [-0.25, -0.2) is 0 Å². The van der Waals surface area contributed by atoms with E-state index < -0.39 is 52.3 Å². The fourth-order valence-corrected chi connectivity index (χ4v) is 7.40. The molecule has 0 saturated carbocycles. The van der Waals surface area contributed by atoms with E-state index in [1.807, 2.05) is 60.7 Å². The number of benzene rings is 2. The van der Waals surface area contributed by atoms with Crippen LogP contribution in [-0.2, 0) is 24.0 Å². The molecule has 2 aromatic rings. The van der Waals surface area contributed by atoms with Gasteiger partial charge in [-0.1, -0.05) is 36.4 Å². The van der Waals surface area contributed by atoms with Crippen molar-refractivity contribution in [2.45, 2.75) is 86.3 Å². The molecule has 10 N–H and O–H groups in total. The summed E-state index contributed by atoms with van der Waals surface area (Å²) in [7, 11) is 0. The highest BCUT2D eigenvalue weighted by Gasteiger charge is 2.46. The number of amides is 2. The zero-order valence-corrected chi connectivity index (χ0v) is 31.6. The second-order valence-electron chi connectivity index (χ2n) is 13.3. The smallest absolute Gasteiger partial charge is 0.245 e. The summed E-state index contributed by atoms with van der Waals surface area (Å²) in [5.74, 6) is -3.20. The molecule has 2 amide bonds. The number of guanidine groups is 2. The van der Waals surface area contributed by atoms with E-state index in [0.29, 0.717) is 63.0 Å². The van der Waals surface area contributed by atoms with E-state index in [2.05, 4.69) is 20.6 Å². The summed E-state index contributed by atoms with van der Waals surface area (Å²) >= 11 is 13.0. The van der Waals surface area contributed by atoms with Gasteiger partial charge in [0.25, 0.3) is 0 Å². The van der Waals surface area contributed by atoms with Crippen molar-refractivity contribution in [1.29, 1.82) is 0 Å². The summed E-state index contributed by atoms with van der Waals surface area (Å²) in [5, 5.41) is 2.91. The third kappa shape index (κ3) is 11.6. The van der Waals surface area contributed by atoms with E-state index in [9.17, 15) is 24.0 Å². The third-order valence-electron chi connectivity index (χ3n) is 9.44. The molecule has 15 nitrogen and oxygen atoms in total. The van der Waals surface area contributed by atoms with E-state index in [1.54, 1.807) is 0 Å². The van der Waals surface area contributed by atoms with Crippen LogP contribution in [0.25, 0.3) is 0 Å². The Bertz CT molecular complexity index is 1540. The van der Waals surface area contributed by atoms with E-state index in [1.165, 1.54) is 9.80 Å². The number of anilines is 2. The number of hydrogen-bond acceptors (Lipinski definition) is 9. The molecule has 2 heterocycles. The topological polar surface area (TPSA) is 245 Å². The average Bonchev–Trinajstić information content (AvgIpc) is 3.87. The first-order chi connectivity index (χ1) is 25.9. The van der Waals surface area contributed by atoms with Crippen LogP contribution in [0.1, 0.15) is 51.4 Å². The maximum absolute atomic E-state index is 13.9. The Morgan fingerprint density at radius 3 is 1.37 bits per heavy atom. The number of alkyl halides is 2. The van der Waals surface area contributed by atoms with Crippen LogP contribution in [0.15, 0.2) is 70.6 Å². The van der Waals surface area contributed by atoms with Crippen LogP contribution in [-0.4, -0.2) is 112 Å². The Labute approximate surface area is 325 Å². The number of ketones is 3. The number of para-hydroxylation sites is 2. The van der Waals surface area contributed by atoms with Gasteiger partial charge in [-0.05, 0) is 75.6 Å². The monoisotopic (exact) mass is 784 g/mol. The van der Waals surface area contributed by atoms with Crippen LogP contribution in [0, 0.1) is 0 Å². The van der Waals surface area contributed by atoms with Crippen LogP contribution in [0.4, 0.5) is 11.4 Å². The summed E-state index contributed by atoms with van der Waals surface area (Å²) in [5.41, 5.74) is 23.2. The average molecular weight is 786 g/mol. The highest BCUT2D eigenvalue weighted by Crippen LogP contribution is 2.28. The molecule has 0 radical (unpaired) electrons. The number of carbonyl (C=O) groups is 5. The zero-order valence-electron chi connectivity index (χ0n) is 30.1. The lowest BCUT2D eigenvalue weighted by atomic mass is 9.97. The largest absolute Gasteiger partial charge is 0.374 e. The predicted octanol–water partition coefficient (Wildman–Crippen LogP) is 1.96. The summed E-state index contributed by atoms with van der Waals surface area (Å²) < 4.78 is 0. The SMILES string of the molecule is NC(N)=NCCC[C@H](Nc1ccccc1)C(=O)N1CCC[C@H]1C(=O)C(Cl)C(=O)C(Cl)C(=O)[C@@H]1CCCN1C(=O)[C@H](CCCN=C(N)N)Nc1ccccc1. The van der Waals surface area contributed by atoms with E-state index in [-0.39, 0.29) is 49.7 Å². The standard InChI is InChI=1S/C37H50Cl2N10O5/c38-29(31(50)27-17-9-21-48(27)34(53)25(15-7-19-44-36(40)41)46-23-11-3-1-4-12-23)33(52)30(39)32(51)28-18-10-22-49(28)35(54)26(16-8-20-45-37(42)43)47-24-13-5-2-6-14-24/h1-6,11-14,25-30,46-47H,7-10,15-22H2,(H4,40,41,44)(H4,42,43,45)/t25-,26-,27-,28-,29?,30?/m0/s1. The number of Topliss-reactive ketones (excluding diaryl/α,β-unsaturated/α-hetero) is 3. The lowest BCUT2D eigenvalue weighted by molar-refractivity contribution is -0.141. The normalized spacial score (nSPS) is 18.9. The molecule has 0 aromatic heterocycles. The molecular formula is C37H50Cl2N10O5. The second-order valence-corrected chi connectivity index (χ2v) is 14.2. The van der Waals surface area contributed by atoms with Gasteiger partial charge in [-0.2, -0.15) is 0 Å². The maximum atomic E-state index is 13.9. The lowest BCUT2D eigenvalue weighted by Gasteiger charge is -2.31. The van der Waals surface area contributed by atoms with Crippen LogP contribution in [0.3, 0.4) is 0 Å². The fraction of sp³-hybridized carbons (Fsp3) is 0.486. The minimum absolute atomic E-state index is 0.0551. The molecule has 292 valence electrons. The van der Waals surface area contributed by atoms with Gasteiger partial charge in [-0.3, -0.25) is 34.0 Å². The molecule has 6 atom stereocenters. The van der Waals surface area contributed by atoms with Crippen LogP contribution in [0.2, 0.25) is 0 Å². The van der Waals surface area contributed by atoms with Crippen molar-refractivity contribution in [3.05, 3.63) is 60.7 Å². The van der Waals surface area contributed by atoms with Crippen LogP contribution < -0.4 is 33.6 Å². The van der Waals surface area contributed by atoms with Crippen molar-refractivity contribution in [1.82, 2.24) is 9.80 Å². The Hall–Kier alpha value is -4.89. The first-order valence-corrected chi connectivity index (χ1v) is 19.0. The number of nitrogens with zero attached hydrogens (tertiary/aromatic N) is 4. The molecule has 54 heavy (non-hydrogen) atoms. The van der Waals surface area contributed by atoms with E-state index in [0.717, 1.165) is 0 Å². The quantitative estimate of drug-likeness (QED) is 0.0373. The van der Waals surface area contributed by atoms with Gasteiger partial charge < -0.3 is 43.4 Å². The number of rotatable bonds is 20. The number of likely N-dealkylation sites (tertiary alicyclic amines) is 2. The Balaban J connectivity index is 1.43. The van der Waals surface area contributed by atoms with E-state index >= 15 is 0 Å². The summed E-state index contributed by atoms with van der Waals surface area (Å²) in [4.78, 5) is 79.9. The van der Waals surface area contributed by atoms with Crippen molar-refractivity contribution in [2.24, 2.45) is 32.9 Å². The molecule has 17 heteroatoms. The van der Waals surface area contributed by atoms with Crippen LogP contribution >= 0.6 is 23.2 Å². The first-order valence-electron chi connectivity index (χ1n) is 18.1. The predicted molar refractivity (Wildman–Crippen MR) is 211 cm³/mol. The lowest BCUT2D eigenvalue weighted by Crippen LogP contribution is -2.53. The molecular weight excluding hydrogens is 735 g/mol. The van der Waals surface area contributed by atoms with Crippen molar-refractivity contribution in [3.63, 3.8) is 0 Å². The molecule has 0 spiro atoms. The minimum atomic E-state index is -1.79. The Morgan fingerprint density at radius 1 is 0.648 bits per heavy atom. The second kappa shape index (κ2) is 20.5. The number of hydrogen-bond donors (Lipinski definition) is 6. The molecule has 0 aliphatic carbocycles. The highest BCUT2D eigenvalue weighted by atomic mass is 35.5. The zero-order chi connectivity index (χ0) is 39.2. The molecule has 2 aromatic carbocycles. The first kappa shape index (κ1) is 41.9.